The van der Waals surface area contributed by atoms with Crippen molar-refractivity contribution in [3.63, 3.8) is 0 Å². The fraction of sp³-hybridized carbons (Fsp3) is 0.412. The van der Waals surface area contributed by atoms with Gasteiger partial charge in [0.2, 0.25) is 0 Å². The molecular formula is C17H20N2O2. The van der Waals surface area contributed by atoms with Crippen LogP contribution in [0.25, 0.3) is 10.9 Å². The highest BCUT2D eigenvalue weighted by Gasteiger charge is 2.31. The lowest BCUT2D eigenvalue weighted by atomic mass is 9.91. The summed E-state index contributed by atoms with van der Waals surface area (Å²) in [6.45, 7) is 4.92. The SMILES string of the molecule is Cc1cc2ccccc2nc1N1CCC(C(=O)O)CC1C. The molecule has 1 fully saturated rings. The Morgan fingerprint density at radius 1 is 1.38 bits per heavy atom. The van der Waals surface area contributed by atoms with Gasteiger partial charge in [0.05, 0.1) is 11.4 Å². The second-order valence-electron chi connectivity index (χ2n) is 5.92. The summed E-state index contributed by atoms with van der Waals surface area (Å²) < 4.78 is 0. The van der Waals surface area contributed by atoms with E-state index >= 15 is 0 Å². The minimum Gasteiger partial charge on any atom is -0.481 e. The van der Waals surface area contributed by atoms with E-state index in [1.165, 1.54) is 0 Å². The van der Waals surface area contributed by atoms with Gasteiger partial charge >= 0.3 is 5.97 Å². The zero-order valence-corrected chi connectivity index (χ0v) is 12.4. The average Bonchev–Trinajstić information content (AvgIpc) is 2.46. The van der Waals surface area contributed by atoms with Crippen LogP contribution in [0, 0.1) is 12.8 Å². The molecule has 1 aromatic heterocycles. The molecule has 2 aromatic rings. The maximum atomic E-state index is 11.2. The number of pyridine rings is 1. The normalized spacial score (nSPS) is 22.5. The molecule has 3 rings (SSSR count). The van der Waals surface area contributed by atoms with Crippen LogP contribution >= 0.6 is 0 Å². The fourth-order valence-corrected chi connectivity index (χ4v) is 3.21. The molecule has 2 atom stereocenters. The van der Waals surface area contributed by atoms with E-state index in [1.54, 1.807) is 0 Å². The highest BCUT2D eigenvalue weighted by atomic mass is 16.4. The van der Waals surface area contributed by atoms with Gasteiger partial charge in [0.1, 0.15) is 5.82 Å². The van der Waals surface area contributed by atoms with Gasteiger partial charge in [0.25, 0.3) is 0 Å². The molecule has 0 spiro atoms. The van der Waals surface area contributed by atoms with Gasteiger partial charge in [-0.25, -0.2) is 4.98 Å². The molecule has 21 heavy (non-hydrogen) atoms. The van der Waals surface area contributed by atoms with E-state index < -0.39 is 5.97 Å². The van der Waals surface area contributed by atoms with Crippen LogP contribution in [0.3, 0.4) is 0 Å². The first-order valence-electron chi connectivity index (χ1n) is 7.42. The lowest BCUT2D eigenvalue weighted by Gasteiger charge is -2.38. The summed E-state index contributed by atoms with van der Waals surface area (Å²) in [6.07, 6.45) is 1.37. The van der Waals surface area contributed by atoms with Gasteiger partial charge in [-0.3, -0.25) is 4.79 Å². The number of nitrogens with zero attached hydrogens (tertiary/aromatic N) is 2. The van der Waals surface area contributed by atoms with Crippen molar-refractivity contribution in [2.45, 2.75) is 32.7 Å². The number of hydrogen-bond acceptors (Lipinski definition) is 3. The molecule has 1 N–H and O–H groups in total. The molecule has 4 nitrogen and oxygen atoms in total. The van der Waals surface area contributed by atoms with Gasteiger partial charge in [-0.05, 0) is 44.4 Å². The van der Waals surface area contributed by atoms with Gasteiger partial charge in [0, 0.05) is 18.0 Å². The van der Waals surface area contributed by atoms with Crippen molar-refractivity contribution in [1.29, 1.82) is 0 Å². The number of carboxylic acid groups (broad SMARTS) is 1. The molecule has 110 valence electrons. The average molecular weight is 284 g/mol. The van der Waals surface area contributed by atoms with Crippen molar-refractivity contribution >= 4 is 22.7 Å². The van der Waals surface area contributed by atoms with Crippen LogP contribution in [0.5, 0.6) is 0 Å². The van der Waals surface area contributed by atoms with Crippen molar-refractivity contribution in [2.75, 3.05) is 11.4 Å². The summed E-state index contributed by atoms with van der Waals surface area (Å²) in [5.41, 5.74) is 2.14. The number of benzene rings is 1. The zero-order chi connectivity index (χ0) is 15.0. The van der Waals surface area contributed by atoms with Gasteiger partial charge in [-0.15, -0.1) is 0 Å². The number of aryl methyl sites for hydroxylation is 1. The van der Waals surface area contributed by atoms with Crippen molar-refractivity contribution in [2.24, 2.45) is 5.92 Å². The molecule has 4 heteroatoms. The Kier molecular flexibility index (Phi) is 3.53. The Morgan fingerprint density at radius 3 is 2.86 bits per heavy atom. The number of piperidine rings is 1. The Labute approximate surface area is 124 Å². The topological polar surface area (TPSA) is 53.4 Å². The predicted octanol–water partition coefficient (Wildman–Crippen LogP) is 3.23. The van der Waals surface area contributed by atoms with Crippen molar-refractivity contribution < 1.29 is 9.90 Å². The first kappa shape index (κ1) is 13.9. The quantitative estimate of drug-likeness (QED) is 0.920. The third kappa shape index (κ3) is 2.58. The standard InChI is InChI=1S/C17H20N2O2/c1-11-9-13-5-3-4-6-15(13)18-16(11)19-8-7-14(17(20)21)10-12(19)2/h3-6,9,12,14H,7-8,10H2,1-2H3,(H,20,21). The van der Waals surface area contributed by atoms with E-state index in [2.05, 4.69) is 30.9 Å². The molecule has 1 aliphatic heterocycles. The predicted molar refractivity (Wildman–Crippen MR) is 83.6 cm³/mol. The summed E-state index contributed by atoms with van der Waals surface area (Å²) in [6, 6.07) is 10.5. The third-order valence-corrected chi connectivity index (χ3v) is 4.39. The largest absolute Gasteiger partial charge is 0.481 e. The number of fused-ring (bicyclic) bond motifs is 1. The van der Waals surface area contributed by atoms with E-state index in [1.807, 2.05) is 18.2 Å². The van der Waals surface area contributed by atoms with Crippen LogP contribution in [0.2, 0.25) is 0 Å². The molecule has 0 bridgehead atoms. The number of para-hydroxylation sites is 1. The second kappa shape index (κ2) is 5.35. The van der Waals surface area contributed by atoms with Crippen LogP contribution in [0.15, 0.2) is 30.3 Å². The van der Waals surface area contributed by atoms with Crippen LogP contribution in [-0.4, -0.2) is 28.6 Å². The summed E-state index contributed by atoms with van der Waals surface area (Å²) in [5, 5.41) is 10.3. The Balaban J connectivity index is 1.93. The van der Waals surface area contributed by atoms with E-state index in [0.717, 1.165) is 28.8 Å². The first-order valence-corrected chi connectivity index (χ1v) is 7.42. The highest BCUT2D eigenvalue weighted by Crippen LogP contribution is 2.30. The van der Waals surface area contributed by atoms with Crippen LogP contribution in [0.4, 0.5) is 5.82 Å². The number of carboxylic acids is 1. The number of aliphatic carboxylic acids is 1. The maximum Gasteiger partial charge on any atom is 0.306 e. The van der Waals surface area contributed by atoms with E-state index in [4.69, 9.17) is 4.98 Å². The van der Waals surface area contributed by atoms with E-state index in [0.29, 0.717) is 12.8 Å². The molecule has 0 radical (unpaired) electrons. The van der Waals surface area contributed by atoms with Crippen molar-refractivity contribution in [3.8, 4) is 0 Å². The summed E-state index contributed by atoms with van der Waals surface area (Å²) in [5.74, 6) is 0.0896. The van der Waals surface area contributed by atoms with Crippen LogP contribution in [-0.2, 0) is 4.79 Å². The maximum absolute atomic E-state index is 11.2. The Morgan fingerprint density at radius 2 is 2.14 bits per heavy atom. The molecule has 0 aliphatic carbocycles. The lowest BCUT2D eigenvalue weighted by molar-refractivity contribution is -0.142. The molecule has 0 saturated carbocycles. The first-order chi connectivity index (χ1) is 10.1. The molecule has 1 aliphatic rings. The van der Waals surface area contributed by atoms with Gasteiger partial charge in [0.15, 0.2) is 0 Å². The van der Waals surface area contributed by atoms with Gasteiger partial charge < -0.3 is 10.0 Å². The van der Waals surface area contributed by atoms with Gasteiger partial charge in [-0.1, -0.05) is 18.2 Å². The summed E-state index contributed by atoms with van der Waals surface area (Å²) in [4.78, 5) is 18.2. The number of aromatic nitrogens is 1. The van der Waals surface area contributed by atoms with E-state index in [-0.39, 0.29) is 12.0 Å². The fourth-order valence-electron chi connectivity index (χ4n) is 3.21. The van der Waals surface area contributed by atoms with Gasteiger partial charge in [-0.2, -0.15) is 0 Å². The Hall–Kier alpha value is -2.10. The summed E-state index contributed by atoms with van der Waals surface area (Å²) in [7, 11) is 0. The molecule has 1 aromatic carbocycles. The molecule has 1 saturated heterocycles. The zero-order valence-electron chi connectivity index (χ0n) is 12.4. The molecule has 0 amide bonds. The Bertz CT molecular complexity index is 684. The van der Waals surface area contributed by atoms with Crippen molar-refractivity contribution in [3.05, 3.63) is 35.9 Å². The third-order valence-electron chi connectivity index (χ3n) is 4.39. The molecule has 2 heterocycles. The molecule has 2 unspecified atom stereocenters. The van der Waals surface area contributed by atoms with Crippen LogP contribution < -0.4 is 4.90 Å². The lowest BCUT2D eigenvalue weighted by Crippen LogP contribution is -2.43. The molecular weight excluding hydrogens is 264 g/mol. The van der Waals surface area contributed by atoms with Crippen molar-refractivity contribution in [1.82, 2.24) is 4.98 Å². The minimum atomic E-state index is -0.676. The number of anilines is 1. The minimum absolute atomic E-state index is 0.201. The smallest absolute Gasteiger partial charge is 0.306 e. The number of rotatable bonds is 2. The summed E-state index contributed by atoms with van der Waals surface area (Å²) >= 11 is 0. The monoisotopic (exact) mass is 284 g/mol. The second-order valence-corrected chi connectivity index (χ2v) is 5.92. The number of carbonyl (C=O) groups is 1. The van der Waals surface area contributed by atoms with Crippen LogP contribution in [0.1, 0.15) is 25.3 Å². The highest BCUT2D eigenvalue weighted by molar-refractivity contribution is 5.82. The number of hydrogen-bond donors (Lipinski definition) is 1. The van der Waals surface area contributed by atoms with E-state index in [9.17, 15) is 9.90 Å².